The Labute approximate surface area is 261 Å². The lowest BCUT2D eigenvalue weighted by Crippen LogP contribution is -2.41. The minimum atomic E-state index is -0.320. The van der Waals surface area contributed by atoms with Gasteiger partial charge < -0.3 is 15.0 Å². The van der Waals surface area contributed by atoms with Crippen LogP contribution in [-0.2, 0) is 0 Å². The van der Waals surface area contributed by atoms with Crippen LogP contribution in [0.15, 0.2) is 136 Å². The number of anilines is 4. The summed E-state index contributed by atoms with van der Waals surface area (Å²) < 4.78 is 6.94. The molecule has 7 rings (SSSR count). The number of hydrogen-bond donors (Lipinski definition) is 1. The molecule has 0 amide bonds. The molecule has 0 aliphatic carbocycles. The Morgan fingerprint density at radius 1 is 0.814 bits per heavy atom. The Kier molecular flexibility index (Phi) is 7.47. The molecule has 214 valence electrons. The van der Waals surface area contributed by atoms with Gasteiger partial charge in [0, 0.05) is 46.8 Å². The van der Waals surface area contributed by atoms with Gasteiger partial charge in [-0.05, 0) is 72.3 Å². The summed E-state index contributed by atoms with van der Waals surface area (Å²) in [7, 11) is 4.11. The molecule has 0 spiro atoms. The van der Waals surface area contributed by atoms with Crippen LogP contribution < -0.4 is 19.9 Å². The third-order valence-electron chi connectivity index (χ3n) is 7.80. The highest BCUT2D eigenvalue weighted by molar-refractivity contribution is 7.99. The van der Waals surface area contributed by atoms with E-state index < -0.39 is 0 Å². The van der Waals surface area contributed by atoms with Crippen molar-refractivity contribution in [2.24, 2.45) is 10.9 Å². The Morgan fingerprint density at radius 2 is 1.49 bits per heavy atom. The maximum absolute atomic E-state index is 6.94. The molecule has 2 atom stereocenters. The van der Waals surface area contributed by atoms with Gasteiger partial charge in [-0.2, -0.15) is 0 Å². The van der Waals surface area contributed by atoms with E-state index in [9.17, 15) is 0 Å². The maximum atomic E-state index is 6.94. The zero-order chi connectivity index (χ0) is 29.3. The predicted octanol–water partition coefficient (Wildman–Crippen LogP) is 9.60. The average Bonchev–Trinajstić information content (AvgIpc) is 3.19. The fourth-order valence-electron chi connectivity index (χ4n) is 5.66. The van der Waals surface area contributed by atoms with Crippen molar-refractivity contribution in [2.45, 2.75) is 15.9 Å². The fraction of sp³-hybridized carbons (Fsp3) is 0.139. The summed E-state index contributed by atoms with van der Waals surface area (Å²) in [5.41, 5.74) is 6.20. The highest BCUT2D eigenvalue weighted by Gasteiger charge is 2.39. The molecule has 0 saturated carbocycles. The molecule has 2 unspecified atom stereocenters. The standard InChI is InChI=1S/C36H31ClN4OS/c1-40(2)27-20-18-24(19-21-27)35-28(23-38-26-11-9-10-25(37)22-26)36(39-29-12-3-6-15-32(29)42-35)41-30-13-4-7-16-33(30)43-34-17-8-5-14-31(34)41/h3-22,28,35,38H,23H2,1-2H3. The number of rotatable bonds is 5. The van der Waals surface area contributed by atoms with Gasteiger partial charge in [-0.3, -0.25) is 4.90 Å². The molecule has 2 heterocycles. The first-order valence-corrected chi connectivity index (χ1v) is 15.5. The van der Waals surface area contributed by atoms with Crippen LogP contribution in [0, 0.1) is 5.92 Å². The van der Waals surface area contributed by atoms with Crippen LogP contribution in [0.4, 0.5) is 28.4 Å². The number of para-hydroxylation sites is 4. The molecule has 43 heavy (non-hydrogen) atoms. The quantitative estimate of drug-likeness (QED) is 0.217. The molecule has 2 aliphatic heterocycles. The minimum absolute atomic E-state index is 0.180. The lowest BCUT2D eigenvalue weighted by Gasteiger charge is -2.38. The number of fused-ring (bicyclic) bond motifs is 3. The lowest BCUT2D eigenvalue weighted by atomic mass is 9.92. The Bertz CT molecular complexity index is 1760. The summed E-state index contributed by atoms with van der Waals surface area (Å²) in [6.45, 7) is 0.571. The number of nitrogens with zero attached hydrogens (tertiary/aromatic N) is 3. The molecule has 0 aromatic heterocycles. The number of amidine groups is 1. The SMILES string of the molecule is CN(C)c1ccc(C2Oc3ccccc3N=C(N3c4ccccc4Sc4ccccc43)C2CNc2cccc(Cl)c2)cc1. The van der Waals surface area contributed by atoms with Crippen LogP contribution in [0.2, 0.25) is 5.02 Å². The van der Waals surface area contributed by atoms with Crippen molar-refractivity contribution in [3.8, 4) is 5.75 Å². The van der Waals surface area contributed by atoms with E-state index in [2.05, 4.69) is 102 Å². The van der Waals surface area contributed by atoms with Gasteiger partial charge in [-0.25, -0.2) is 4.99 Å². The molecule has 5 aromatic carbocycles. The van der Waals surface area contributed by atoms with Crippen molar-refractivity contribution in [2.75, 3.05) is 35.8 Å². The second kappa shape index (κ2) is 11.7. The van der Waals surface area contributed by atoms with Gasteiger partial charge in [0.25, 0.3) is 0 Å². The molecule has 0 bridgehead atoms. The van der Waals surface area contributed by atoms with Crippen molar-refractivity contribution in [1.82, 2.24) is 0 Å². The topological polar surface area (TPSA) is 40.1 Å². The van der Waals surface area contributed by atoms with E-state index in [1.54, 1.807) is 11.8 Å². The van der Waals surface area contributed by atoms with Gasteiger partial charge in [0.1, 0.15) is 23.4 Å². The molecule has 5 aromatic rings. The average molecular weight is 603 g/mol. The third-order valence-corrected chi connectivity index (χ3v) is 9.17. The largest absolute Gasteiger partial charge is 0.483 e. The van der Waals surface area contributed by atoms with E-state index in [0.717, 1.165) is 45.6 Å². The molecule has 1 N–H and O–H groups in total. The van der Waals surface area contributed by atoms with E-state index >= 15 is 0 Å². The van der Waals surface area contributed by atoms with Crippen molar-refractivity contribution in [3.05, 3.63) is 132 Å². The molecular weight excluding hydrogens is 572 g/mol. The number of halogens is 1. The predicted molar refractivity (Wildman–Crippen MR) is 180 cm³/mol. The van der Waals surface area contributed by atoms with E-state index in [1.807, 2.05) is 48.5 Å². The highest BCUT2D eigenvalue weighted by atomic mass is 35.5. The van der Waals surface area contributed by atoms with Crippen LogP contribution in [0.3, 0.4) is 0 Å². The second-order valence-electron chi connectivity index (χ2n) is 10.8. The van der Waals surface area contributed by atoms with Gasteiger partial charge in [0.2, 0.25) is 0 Å². The summed E-state index contributed by atoms with van der Waals surface area (Å²) in [6.07, 6.45) is -0.320. The summed E-state index contributed by atoms with van der Waals surface area (Å²) in [5.74, 6) is 1.50. The number of ether oxygens (including phenoxy) is 1. The molecule has 0 saturated heterocycles. The minimum Gasteiger partial charge on any atom is -0.483 e. The van der Waals surface area contributed by atoms with Gasteiger partial charge in [0.05, 0.1) is 17.3 Å². The zero-order valence-corrected chi connectivity index (χ0v) is 25.5. The number of benzene rings is 5. The van der Waals surface area contributed by atoms with E-state index in [4.69, 9.17) is 21.3 Å². The first-order valence-electron chi connectivity index (χ1n) is 14.3. The maximum Gasteiger partial charge on any atom is 0.145 e. The number of nitrogens with one attached hydrogen (secondary N) is 1. The lowest BCUT2D eigenvalue weighted by molar-refractivity contribution is 0.175. The first kappa shape index (κ1) is 27.4. The summed E-state index contributed by atoms with van der Waals surface area (Å²) in [4.78, 5) is 12.2. The Morgan fingerprint density at radius 3 is 2.19 bits per heavy atom. The van der Waals surface area contributed by atoms with Crippen LogP contribution in [0.25, 0.3) is 0 Å². The summed E-state index contributed by atoms with van der Waals surface area (Å²) in [5, 5.41) is 4.36. The molecule has 7 heteroatoms. The van der Waals surface area contributed by atoms with E-state index in [0.29, 0.717) is 11.6 Å². The number of aliphatic imine (C=N–C) groups is 1. The van der Waals surface area contributed by atoms with Gasteiger partial charge in [-0.1, -0.05) is 78.0 Å². The van der Waals surface area contributed by atoms with E-state index in [1.165, 1.54) is 9.79 Å². The molecule has 5 nitrogen and oxygen atoms in total. The van der Waals surface area contributed by atoms with Gasteiger partial charge >= 0.3 is 0 Å². The first-order chi connectivity index (χ1) is 21.0. The Hall–Kier alpha value is -4.39. The molecular formula is C36H31ClN4OS. The van der Waals surface area contributed by atoms with Crippen molar-refractivity contribution >= 4 is 57.6 Å². The van der Waals surface area contributed by atoms with Crippen molar-refractivity contribution in [3.63, 3.8) is 0 Å². The zero-order valence-electron chi connectivity index (χ0n) is 23.9. The van der Waals surface area contributed by atoms with Crippen LogP contribution in [0.5, 0.6) is 5.75 Å². The van der Waals surface area contributed by atoms with Crippen molar-refractivity contribution in [1.29, 1.82) is 0 Å². The molecule has 2 aliphatic rings. The van der Waals surface area contributed by atoms with Crippen LogP contribution in [0.1, 0.15) is 11.7 Å². The Balaban J connectivity index is 1.42. The molecule has 0 fully saturated rings. The van der Waals surface area contributed by atoms with Crippen LogP contribution >= 0.6 is 23.4 Å². The normalized spacial score (nSPS) is 17.0. The second-order valence-corrected chi connectivity index (χ2v) is 12.4. The van der Waals surface area contributed by atoms with E-state index in [-0.39, 0.29) is 12.0 Å². The van der Waals surface area contributed by atoms with Crippen molar-refractivity contribution < 1.29 is 4.74 Å². The van der Waals surface area contributed by atoms with Crippen LogP contribution in [-0.4, -0.2) is 26.5 Å². The van der Waals surface area contributed by atoms with Gasteiger partial charge in [0.15, 0.2) is 0 Å². The fourth-order valence-corrected chi connectivity index (χ4v) is 6.91. The monoisotopic (exact) mass is 602 g/mol. The summed E-state index contributed by atoms with van der Waals surface area (Å²) >= 11 is 8.17. The smallest absolute Gasteiger partial charge is 0.145 e. The third kappa shape index (κ3) is 5.44. The number of hydrogen-bond acceptors (Lipinski definition) is 6. The summed E-state index contributed by atoms with van der Waals surface area (Å²) in [6, 6.07) is 41.7. The van der Waals surface area contributed by atoms with Gasteiger partial charge in [-0.15, -0.1) is 0 Å². The molecule has 0 radical (unpaired) electrons. The highest BCUT2D eigenvalue weighted by Crippen LogP contribution is 2.51.